The minimum atomic E-state index is -0.745. The van der Waals surface area contributed by atoms with E-state index in [0.717, 1.165) is 30.9 Å². The predicted octanol–water partition coefficient (Wildman–Crippen LogP) is 6.48. The smallest absolute Gasteiger partial charge is 0.245 e. The summed E-state index contributed by atoms with van der Waals surface area (Å²) in [6.45, 7) is 0. The van der Waals surface area contributed by atoms with Crippen molar-refractivity contribution in [1.29, 1.82) is 0 Å². The Morgan fingerprint density at radius 2 is 1.66 bits per heavy atom. The average molecular weight is 520 g/mol. The van der Waals surface area contributed by atoms with E-state index < -0.39 is 6.04 Å². The topological polar surface area (TPSA) is 85.1 Å². The van der Waals surface area contributed by atoms with Crippen LogP contribution in [0.15, 0.2) is 95.3 Å². The molecule has 1 aromatic heterocycles. The zero-order chi connectivity index (χ0) is 23.5. The van der Waals surface area contributed by atoms with Crippen LogP contribution >= 0.6 is 35.5 Å². The molecule has 0 radical (unpaired) electrons. The fraction of sp³-hybridized carbons (Fsp3) is 0.0741. The minimum Gasteiger partial charge on any atom is -0.324 e. The Morgan fingerprint density at radius 1 is 0.914 bits per heavy atom. The number of amides is 1. The SMILES string of the molecule is Cl.N[C@@H](C(=O)Nc1ccc2nc(SCC(=O)c3ccc4ccccc4c3)sc2c1)c1ccccc1. The molecule has 176 valence electrons. The Morgan fingerprint density at radius 3 is 2.46 bits per heavy atom. The van der Waals surface area contributed by atoms with E-state index in [9.17, 15) is 9.59 Å². The van der Waals surface area contributed by atoms with Crippen LogP contribution in [0.5, 0.6) is 0 Å². The largest absolute Gasteiger partial charge is 0.324 e. The van der Waals surface area contributed by atoms with Gasteiger partial charge in [-0.1, -0.05) is 78.5 Å². The lowest BCUT2D eigenvalue weighted by Gasteiger charge is -2.12. The fourth-order valence-corrected chi connectivity index (χ4v) is 5.65. The van der Waals surface area contributed by atoms with E-state index >= 15 is 0 Å². The third-order valence-corrected chi connectivity index (χ3v) is 7.64. The highest BCUT2D eigenvalue weighted by Gasteiger charge is 2.16. The Labute approximate surface area is 217 Å². The molecule has 35 heavy (non-hydrogen) atoms. The summed E-state index contributed by atoms with van der Waals surface area (Å²) in [6.07, 6.45) is 0. The van der Waals surface area contributed by atoms with Crippen molar-refractivity contribution in [2.45, 2.75) is 10.4 Å². The van der Waals surface area contributed by atoms with Crippen molar-refractivity contribution in [3.63, 3.8) is 0 Å². The van der Waals surface area contributed by atoms with Gasteiger partial charge >= 0.3 is 0 Å². The maximum atomic E-state index is 12.7. The van der Waals surface area contributed by atoms with Gasteiger partial charge in [-0.25, -0.2) is 4.98 Å². The maximum absolute atomic E-state index is 12.7. The van der Waals surface area contributed by atoms with Gasteiger partial charge in [-0.2, -0.15) is 0 Å². The number of benzene rings is 4. The number of nitrogens with zero attached hydrogens (tertiary/aromatic N) is 1. The first-order valence-electron chi connectivity index (χ1n) is 10.7. The molecule has 8 heteroatoms. The van der Waals surface area contributed by atoms with Crippen molar-refractivity contribution in [2.75, 3.05) is 11.1 Å². The van der Waals surface area contributed by atoms with Crippen LogP contribution in [0.2, 0.25) is 0 Å². The second kappa shape index (κ2) is 11.0. The molecule has 0 unspecified atom stereocenters. The van der Waals surface area contributed by atoms with E-state index in [4.69, 9.17) is 5.73 Å². The van der Waals surface area contributed by atoms with Gasteiger partial charge in [0, 0.05) is 11.3 Å². The van der Waals surface area contributed by atoms with Gasteiger partial charge in [-0.05, 0) is 40.6 Å². The normalized spacial score (nSPS) is 11.7. The summed E-state index contributed by atoms with van der Waals surface area (Å²) in [5.74, 6) is 0.108. The van der Waals surface area contributed by atoms with E-state index in [1.165, 1.54) is 23.1 Å². The maximum Gasteiger partial charge on any atom is 0.245 e. The molecule has 1 heterocycles. The first-order chi connectivity index (χ1) is 16.6. The van der Waals surface area contributed by atoms with Gasteiger partial charge in [-0.15, -0.1) is 23.7 Å². The standard InChI is InChI=1S/C27H21N3O2S2.ClH/c28-25(18-7-2-1-3-8-18)26(32)29-21-12-13-22-24(15-21)34-27(30-22)33-16-23(31)20-11-10-17-6-4-5-9-19(17)14-20;/h1-15,25H,16,28H2,(H,29,32);1H/t25-;/m1./s1. The lowest BCUT2D eigenvalue weighted by atomic mass is 10.1. The summed E-state index contributed by atoms with van der Waals surface area (Å²) in [6, 6.07) is 27.9. The van der Waals surface area contributed by atoms with Crippen LogP contribution < -0.4 is 11.1 Å². The number of aromatic nitrogens is 1. The molecule has 1 amide bonds. The summed E-state index contributed by atoms with van der Waals surface area (Å²) < 4.78 is 1.75. The Hall–Kier alpha value is -3.23. The number of thioether (sulfide) groups is 1. The average Bonchev–Trinajstić information content (AvgIpc) is 3.29. The predicted molar refractivity (Wildman–Crippen MR) is 148 cm³/mol. The van der Waals surface area contributed by atoms with E-state index in [2.05, 4.69) is 10.3 Å². The summed E-state index contributed by atoms with van der Waals surface area (Å²) >= 11 is 2.93. The number of carbonyl (C=O) groups is 2. The number of anilines is 1. The van der Waals surface area contributed by atoms with Crippen molar-refractivity contribution in [3.8, 4) is 0 Å². The zero-order valence-electron chi connectivity index (χ0n) is 18.5. The lowest BCUT2D eigenvalue weighted by molar-refractivity contribution is -0.117. The lowest BCUT2D eigenvalue weighted by Crippen LogP contribution is -2.27. The fourth-order valence-electron chi connectivity index (χ4n) is 3.65. The number of Topliss-reactive ketones (excluding diaryl/α,β-unsaturated/α-hetero) is 1. The van der Waals surface area contributed by atoms with Crippen LogP contribution in [0.25, 0.3) is 21.0 Å². The molecule has 0 bridgehead atoms. The third-order valence-electron chi connectivity index (χ3n) is 5.48. The molecule has 0 aliphatic rings. The van der Waals surface area contributed by atoms with E-state index in [1.54, 1.807) is 0 Å². The number of halogens is 1. The second-order valence-electron chi connectivity index (χ2n) is 7.81. The molecule has 0 spiro atoms. The van der Waals surface area contributed by atoms with Crippen LogP contribution in [-0.4, -0.2) is 22.4 Å². The van der Waals surface area contributed by atoms with Gasteiger partial charge in [0.1, 0.15) is 6.04 Å². The van der Waals surface area contributed by atoms with Crippen LogP contribution in [-0.2, 0) is 4.79 Å². The molecule has 1 atom stereocenters. The molecule has 0 aliphatic carbocycles. The number of thiazole rings is 1. The summed E-state index contributed by atoms with van der Waals surface area (Å²) in [5, 5.41) is 5.05. The first kappa shape index (κ1) is 24.9. The van der Waals surface area contributed by atoms with Crippen molar-refractivity contribution in [3.05, 3.63) is 102 Å². The molecule has 0 aliphatic heterocycles. The molecule has 5 nitrogen and oxygen atoms in total. The zero-order valence-corrected chi connectivity index (χ0v) is 21.0. The van der Waals surface area contributed by atoms with Crippen molar-refractivity contribution in [1.82, 2.24) is 4.98 Å². The van der Waals surface area contributed by atoms with Gasteiger partial charge in [0.2, 0.25) is 5.91 Å². The number of rotatable bonds is 7. The van der Waals surface area contributed by atoms with Crippen LogP contribution in [0.4, 0.5) is 5.69 Å². The highest BCUT2D eigenvalue weighted by atomic mass is 35.5. The molecule has 0 fully saturated rings. The number of fused-ring (bicyclic) bond motifs is 2. The summed E-state index contributed by atoms with van der Waals surface area (Å²) in [7, 11) is 0. The molecule has 3 N–H and O–H groups in total. The van der Waals surface area contributed by atoms with E-state index in [0.29, 0.717) is 17.0 Å². The van der Waals surface area contributed by atoms with Crippen LogP contribution in [0, 0.1) is 0 Å². The number of nitrogens with one attached hydrogen (secondary N) is 1. The van der Waals surface area contributed by atoms with E-state index in [-0.39, 0.29) is 24.1 Å². The van der Waals surface area contributed by atoms with Gasteiger partial charge < -0.3 is 11.1 Å². The van der Waals surface area contributed by atoms with Crippen molar-refractivity contribution >= 4 is 73.9 Å². The number of hydrogen-bond donors (Lipinski definition) is 2. The van der Waals surface area contributed by atoms with Crippen molar-refractivity contribution in [2.24, 2.45) is 5.73 Å². The molecule has 5 rings (SSSR count). The Balaban J connectivity index is 0.00000289. The number of ketones is 1. The third kappa shape index (κ3) is 5.71. The molecule has 4 aromatic carbocycles. The number of hydrogen-bond acceptors (Lipinski definition) is 6. The Kier molecular flexibility index (Phi) is 7.83. The van der Waals surface area contributed by atoms with Gasteiger partial charge in [0.05, 0.1) is 16.0 Å². The molecular weight excluding hydrogens is 498 g/mol. The number of nitrogens with two attached hydrogens (primary N) is 1. The molecule has 5 aromatic rings. The number of carbonyl (C=O) groups excluding carboxylic acids is 2. The van der Waals surface area contributed by atoms with E-state index in [1.807, 2.05) is 91.0 Å². The van der Waals surface area contributed by atoms with Gasteiger partial charge in [0.25, 0.3) is 0 Å². The van der Waals surface area contributed by atoms with Crippen molar-refractivity contribution < 1.29 is 9.59 Å². The van der Waals surface area contributed by atoms with Gasteiger partial charge in [-0.3, -0.25) is 9.59 Å². The second-order valence-corrected chi connectivity index (χ2v) is 10.1. The monoisotopic (exact) mass is 519 g/mol. The summed E-state index contributed by atoms with van der Waals surface area (Å²) in [4.78, 5) is 29.9. The van der Waals surface area contributed by atoms with Crippen LogP contribution in [0.1, 0.15) is 22.0 Å². The highest BCUT2D eigenvalue weighted by molar-refractivity contribution is 8.01. The molecule has 0 saturated carbocycles. The molecule has 0 saturated heterocycles. The Bertz CT molecular complexity index is 1500. The van der Waals surface area contributed by atoms with Crippen LogP contribution in [0.3, 0.4) is 0 Å². The first-order valence-corrected chi connectivity index (χ1v) is 12.5. The highest BCUT2D eigenvalue weighted by Crippen LogP contribution is 2.32. The summed E-state index contributed by atoms with van der Waals surface area (Å²) in [5.41, 5.74) is 9.04. The minimum absolute atomic E-state index is 0. The van der Waals surface area contributed by atoms with Gasteiger partial charge in [0.15, 0.2) is 10.1 Å². The quantitative estimate of drug-likeness (QED) is 0.190. The molecular formula is C27H22ClN3O2S2.